The number of anilines is 2. The third-order valence-electron chi connectivity index (χ3n) is 4.48. The summed E-state index contributed by atoms with van der Waals surface area (Å²) in [4.78, 5) is 39.8. The molecule has 3 heterocycles. The van der Waals surface area contributed by atoms with Crippen LogP contribution < -0.4 is 10.6 Å². The zero-order valence-electron chi connectivity index (χ0n) is 20.0. The monoisotopic (exact) mass is 451 g/mol. The highest BCUT2D eigenvalue weighted by Gasteiger charge is 2.34. The Labute approximate surface area is 192 Å². The van der Waals surface area contributed by atoms with Crippen LogP contribution in [0.2, 0.25) is 0 Å². The number of pyridine rings is 3. The van der Waals surface area contributed by atoms with Gasteiger partial charge in [0, 0.05) is 29.5 Å². The summed E-state index contributed by atoms with van der Waals surface area (Å²) in [6.45, 7) is 12.1. The average molecular weight is 452 g/mol. The lowest BCUT2D eigenvalue weighted by Crippen LogP contribution is -2.44. The molecule has 0 radical (unpaired) electrons. The largest absolute Gasteiger partial charge is 0.443 e. The first-order valence-electron chi connectivity index (χ1n) is 10.5. The van der Waals surface area contributed by atoms with E-state index >= 15 is 0 Å². The highest BCUT2D eigenvalue weighted by molar-refractivity contribution is 6.10. The number of nitrogen functional groups attached to an aromatic ring is 1. The first kappa shape index (κ1) is 23.9. The maximum Gasteiger partial charge on any atom is 0.424 e. The minimum atomic E-state index is -0.857. The smallest absolute Gasteiger partial charge is 0.424 e. The van der Waals surface area contributed by atoms with Crippen LogP contribution in [0, 0.1) is 6.92 Å². The lowest BCUT2D eigenvalue weighted by molar-refractivity contribution is 0.0430. The van der Waals surface area contributed by atoms with Crippen molar-refractivity contribution in [3.8, 4) is 11.3 Å². The van der Waals surface area contributed by atoms with Crippen LogP contribution in [0.25, 0.3) is 22.0 Å². The van der Waals surface area contributed by atoms with Gasteiger partial charge in [0.05, 0.1) is 17.6 Å². The molecule has 3 aromatic heterocycles. The predicted molar refractivity (Wildman–Crippen MR) is 127 cm³/mol. The van der Waals surface area contributed by atoms with E-state index in [9.17, 15) is 9.59 Å². The minimum absolute atomic E-state index is 0.243. The van der Waals surface area contributed by atoms with Gasteiger partial charge in [0.25, 0.3) is 0 Å². The summed E-state index contributed by atoms with van der Waals surface area (Å²) in [6, 6.07) is 3.60. The second-order valence-corrected chi connectivity index (χ2v) is 9.65. The second-order valence-electron chi connectivity index (χ2n) is 9.65. The summed E-state index contributed by atoms with van der Waals surface area (Å²) in [5.74, 6) is 0.393. The molecule has 0 aliphatic rings. The van der Waals surface area contributed by atoms with Gasteiger partial charge in [-0.3, -0.25) is 9.97 Å². The van der Waals surface area contributed by atoms with Crippen LogP contribution in [0.4, 0.5) is 21.1 Å². The van der Waals surface area contributed by atoms with E-state index in [-0.39, 0.29) is 5.69 Å². The van der Waals surface area contributed by atoms with E-state index in [0.717, 1.165) is 15.7 Å². The summed E-state index contributed by atoms with van der Waals surface area (Å²) in [6.07, 6.45) is 4.67. The molecule has 0 aromatic carbocycles. The van der Waals surface area contributed by atoms with Gasteiger partial charge in [-0.1, -0.05) is 0 Å². The van der Waals surface area contributed by atoms with Gasteiger partial charge >= 0.3 is 12.2 Å². The third-order valence-corrected chi connectivity index (χ3v) is 4.48. The van der Waals surface area contributed by atoms with Crippen LogP contribution in [0.1, 0.15) is 47.1 Å². The molecular weight excluding hydrogens is 422 g/mol. The van der Waals surface area contributed by atoms with Crippen LogP contribution in [0.5, 0.6) is 0 Å². The standard InChI is InChI=1S/C24H29N5O4/c1-14-17(18-8-15-9-20(25)28-11-16(15)10-27-18)12-26-13-19(14)29(21(30)32-23(2,3)4)22(31)33-24(5,6)7/h8-13H,1-7H3,(H2,25,28). The van der Waals surface area contributed by atoms with Crippen molar-refractivity contribution in [3.63, 3.8) is 0 Å². The number of carbonyl (C=O) groups is 2. The highest BCUT2D eigenvalue weighted by Crippen LogP contribution is 2.32. The van der Waals surface area contributed by atoms with E-state index in [2.05, 4.69) is 15.0 Å². The van der Waals surface area contributed by atoms with Crippen LogP contribution in [-0.2, 0) is 9.47 Å². The molecule has 0 unspecified atom stereocenters. The molecule has 33 heavy (non-hydrogen) atoms. The summed E-state index contributed by atoms with van der Waals surface area (Å²) in [5, 5.41) is 1.69. The number of amides is 2. The van der Waals surface area contributed by atoms with E-state index in [1.54, 1.807) is 73.1 Å². The average Bonchev–Trinajstić information content (AvgIpc) is 2.66. The van der Waals surface area contributed by atoms with Gasteiger partial charge in [-0.25, -0.2) is 14.6 Å². The van der Waals surface area contributed by atoms with Crippen molar-refractivity contribution in [2.24, 2.45) is 0 Å². The summed E-state index contributed by atoms with van der Waals surface area (Å²) in [5.41, 5.74) is 6.29. The molecule has 0 bridgehead atoms. The first-order chi connectivity index (χ1) is 15.2. The Morgan fingerprint density at radius 1 is 0.848 bits per heavy atom. The Morgan fingerprint density at radius 3 is 2.00 bits per heavy atom. The van der Waals surface area contributed by atoms with Crippen molar-refractivity contribution in [1.29, 1.82) is 0 Å². The van der Waals surface area contributed by atoms with Crippen LogP contribution in [0.15, 0.2) is 36.9 Å². The zero-order chi connectivity index (χ0) is 24.6. The van der Waals surface area contributed by atoms with Gasteiger partial charge in [0.1, 0.15) is 17.0 Å². The molecule has 2 amide bonds. The van der Waals surface area contributed by atoms with E-state index < -0.39 is 23.4 Å². The molecule has 0 atom stereocenters. The Bertz CT molecular complexity index is 1180. The highest BCUT2D eigenvalue weighted by atomic mass is 16.6. The van der Waals surface area contributed by atoms with Gasteiger partial charge < -0.3 is 15.2 Å². The summed E-state index contributed by atoms with van der Waals surface area (Å²) < 4.78 is 11.0. The lowest BCUT2D eigenvalue weighted by Gasteiger charge is -2.29. The third kappa shape index (κ3) is 5.74. The quantitative estimate of drug-likeness (QED) is 0.560. The number of ether oxygens (including phenoxy) is 2. The number of carbonyl (C=O) groups excluding carboxylic acids is 2. The van der Waals surface area contributed by atoms with Crippen LogP contribution in [0.3, 0.4) is 0 Å². The van der Waals surface area contributed by atoms with Gasteiger partial charge in [-0.15, -0.1) is 0 Å². The Balaban J connectivity index is 2.11. The number of nitrogens with two attached hydrogens (primary N) is 1. The lowest BCUT2D eigenvalue weighted by atomic mass is 10.0. The maximum absolute atomic E-state index is 13.0. The molecule has 0 aliphatic carbocycles. The second kappa shape index (κ2) is 8.65. The summed E-state index contributed by atoms with van der Waals surface area (Å²) >= 11 is 0. The fourth-order valence-corrected chi connectivity index (χ4v) is 3.09. The maximum atomic E-state index is 13.0. The summed E-state index contributed by atoms with van der Waals surface area (Å²) in [7, 11) is 0. The number of aromatic nitrogens is 3. The van der Waals surface area contributed by atoms with Crippen molar-refractivity contribution in [3.05, 3.63) is 42.5 Å². The van der Waals surface area contributed by atoms with Crippen LogP contribution >= 0.6 is 0 Å². The molecular formula is C24H29N5O4. The van der Waals surface area contributed by atoms with E-state index in [0.29, 0.717) is 22.6 Å². The number of hydrogen-bond donors (Lipinski definition) is 1. The fourth-order valence-electron chi connectivity index (χ4n) is 3.09. The van der Waals surface area contributed by atoms with Gasteiger partial charge in [-0.2, -0.15) is 4.90 Å². The fraction of sp³-hybridized carbons (Fsp3) is 0.375. The number of nitrogens with zero attached hydrogens (tertiary/aromatic N) is 4. The number of rotatable bonds is 2. The van der Waals surface area contributed by atoms with E-state index in [1.165, 1.54) is 6.20 Å². The van der Waals surface area contributed by atoms with Crippen molar-refractivity contribution in [1.82, 2.24) is 15.0 Å². The zero-order valence-corrected chi connectivity index (χ0v) is 20.0. The minimum Gasteiger partial charge on any atom is -0.443 e. The van der Waals surface area contributed by atoms with Crippen molar-refractivity contribution >= 4 is 34.5 Å². The van der Waals surface area contributed by atoms with Gasteiger partial charge in [0.2, 0.25) is 0 Å². The number of hydrogen-bond acceptors (Lipinski definition) is 8. The molecule has 0 fully saturated rings. The van der Waals surface area contributed by atoms with E-state index in [1.807, 2.05) is 6.07 Å². The van der Waals surface area contributed by atoms with Crippen molar-refractivity contribution < 1.29 is 19.1 Å². The normalized spacial score (nSPS) is 11.8. The first-order valence-corrected chi connectivity index (χ1v) is 10.5. The molecule has 2 N–H and O–H groups in total. The SMILES string of the molecule is Cc1c(-c2cc3cc(N)ncc3cn2)cncc1N(C(=O)OC(C)(C)C)C(=O)OC(C)(C)C. The molecule has 174 valence electrons. The Morgan fingerprint density at radius 2 is 1.42 bits per heavy atom. The molecule has 9 heteroatoms. The van der Waals surface area contributed by atoms with Gasteiger partial charge in [-0.05, 0) is 71.5 Å². The number of imide groups is 1. The molecule has 0 spiro atoms. The Kier molecular flexibility index (Phi) is 6.26. The molecule has 3 aromatic rings. The van der Waals surface area contributed by atoms with Crippen LogP contribution in [-0.4, -0.2) is 38.3 Å². The molecule has 0 saturated carbocycles. The van der Waals surface area contributed by atoms with Crippen molar-refractivity contribution in [2.75, 3.05) is 10.6 Å². The number of fused-ring (bicyclic) bond motifs is 1. The molecule has 0 aliphatic heterocycles. The van der Waals surface area contributed by atoms with E-state index in [4.69, 9.17) is 15.2 Å². The molecule has 3 rings (SSSR count). The predicted octanol–water partition coefficient (Wildman–Crippen LogP) is 5.26. The molecule has 9 nitrogen and oxygen atoms in total. The van der Waals surface area contributed by atoms with Crippen molar-refractivity contribution in [2.45, 2.75) is 59.7 Å². The van der Waals surface area contributed by atoms with Gasteiger partial charge in [0.15, 0.2) is 0 Å². The molecule has 0 saturated heterocycles. The Hall–Kier alpha value is -3.75. The topological polar surface area (TPSA) is 121 Å².